The van der Waals surface area contributed by atoms with Gasteiger partial charge in [0, 0.05) is 6.42 Å². The molecule has 0 aliphatic rings. The maximum Gasteiger partial charge on any atom is 0.268 e. The van der Waals surface area contributed by atoms with Gasteiger partial charge < -0.3 is 28.8 Å². The van der Waals surface area contributed by atoms with Crippen LogP contribution in [0, 0.1) is 0 Å². The van der Waals surface area contributed by atoms with Gasteiger partial charge >= 0.3 is 0 Å². The highest BCUT2D eigenvalue weighted by Crippen LogP contribution is 2.38. The summed E-state index contributed by atoms with van der Waals surface area (Å²) in [5.74, 6) is -0.223. The first-order chi connectivity index (χ1) is 31.0. The predicted octanol–water partition coefficient (Wildman–Crippen LogP) is 14.7. The number of hydrogen-bond acceptors (Lipinski definition) is 6. The number of allylic oxidation sites excluding steroid dienone is 13. The number of aliphatic hydroxyl groups excluding tert-OH is 1. The molecule has 0 saturated carbocycles. The number of nitrogens with one attached hydrogen (secondary N) is 1. The Hall–Kier alpha value is -2.32. The summed E-state index contributed by atoms with van der Waals surface area (Å²) in [6.45, 7) is 4.49. The molecule has 0 aliphatic heterocycles. The number of aliphatic hydroxyl groups is 1. The Morgan fingerprint density at radius 2 is 0.969 bits per heavy atom. The average molecular weight is 915 g/mol. The van der Waals surface area contributed by atoms with E-state index in [0.717, 1.165) is 83.5 Å². The molecular weight excluding hydrogens is 816 g/mol. The number of phosphoric ester groups is 1. The fraction of sp³-hybridized carbons (Fsp3) is 0.727. The molecule has 0 saturated heterocycles. The molecule has 0 aromatic carbocycles. The standard InChI is InChI=1S/C55H99N2O6P/c1-6-8-10-12-14-16-18-20-22-24-26-28-30-32-34-36-38-40-42-44-46-48-54(58)53(52-63-64(60,61)62-51-50-57(3,4)5)56-55(59)49-47-45-43-41-39-37-35-33-31-29-27-25-23-21-19-17-15-13-11-9-7-2/h9,11,15,17,21,23,27,29-30,32,38,40,46,48,53-54,58H,6-8,10,12-14,16,18-20,22,24-26,28,31,33-37,39,41-45,47,49-52H2,1-5H3,(H-,56,59,60,61)/b11-9-,17-15-,23-21-,29-27-,32-30+,40-38+,48-46+. The van der Waals surface area contributed by atoms with Crippen molar-refractivity contribution in [3.63, 3.8) is 0 Å². The molecule has 64 heavy (non-hydrogen) atoms. The van der Waals surface area contributed by atoms with Crippen molar-refractivity contribution in [2.24, 2.45) is 0 Å². The summed E-state index contributed by atoms with van der Waals surface area (Å²) >= 11 is 0. The summed E-state index contributed by atoms with van der Waals surface area (Å²) in [4.78, 5) is 25.4. The van der Waals surface area contributed by atoms with Crippen LogP contribution in [0.15, 0.2) is 85.1 Å². The second-order valence-corrected chi connectivity index (χ2v) is 19.9. The molecule has 0 aliphatic carbocycles. The lowest BCUT2D eigenvalue weighted by molar-refractivity contribution is -0.870. The Bertz CT molecular complexity index is 1310. The number of unbranched alkanes of at least 4 members (excludes halogenated alkanes) is 21. The number of likely N-dealkylation sites (N-methyl/N-ethyl adjacent to an activating group) is 1. The van der Waals surface area contributed by atoms with Crippen molar-refractivity contribution in [1.82, 2.24) is 5.32 Å². The fourth-order valence-electron chi connectivity index (χ4n) is 7.00. The third-order valence-electron chi connectivity index (χ3n) is 11.1. The van der Waals surface area contributed by atoms with Gasteiger partial charge in [-0.1, -0.05) is 202 Å². The number of amides is 1. The molecule has 0 rings (SSSR count). The van der Waals surface area contributed by atoms with Gasteiger partial charge in [-0.15, -0.1) is 0 Å². The van der Waals surface area contributed by atoms with Gasteiger partial charge in [-0.3, -0.25) is 9.36 Å². The van der Waals surface area contributed by atoms with Crippen LogP contribution in [-0.4, -0.2) is 68.5 Å². The lowest BCUT2D eigenvalue weighted by Gasteiger charge is -2.29. The molecule has 1 amide bonds. The highest BCUT2D eigenvalue weighted by atomic mass is 31.2. The molecule has 0 aromatic rings. The summed E-state index contributed by atoms with van der Waals surface area (Å²) in [7, 11) is 1.22. The fourth-order valence-corrected chi connectivity index (χ4v) is 7.72. The zero-order valence-electron chi connectivity index (χ0n) is 42.0. The Kier molecular flexibility index (Phi) is 44.2. The van der Waals surface area contributed by atoms with E-state index in [1.807, 2.05) is 27.2 Å². The third-order valence-corrected chi connectivity index (χ3v) is 12.0. The van der Waals surface area contributed by atoms with E-state index < -0.39 is 26.6 Å². The number of hydrogen-bond donors (Lipinski definition) is 2. The quantitative estimate of drug-likeness (QED) is 0.0273. The highest BCUT2D eigenvalue weighted by molar-refractivity contribution is 7.45. The lowest BCUT2D eigenvalue weighted by atomic mass is 10.1. The molecule has 0 bridgehead atoms. The molecule has 0 heterocycles. The van der Waals surface area contributed by atoms with Crippen molar-refractivity contribution < 1.29 is 32.9 Å². The van der Waals surface area contributed by atoms with Crippen molar-refractivity contribution in [1.29, 1.82) is 0 Å². The van der Waals surface area contributed by atoms with E-state index in [0.29, 0.717) is 17.4 Å². The van der Waals surface area contributed by atoms with Crippen LogP contribution in [0.3, 0.4) is 0 Å². The van der Waals surface area contributed by atoms with Crippen LogP contribution in [0.25, 0.3) is 0 Å². The van der Waals surface area contributed by atoms with E-state index in [1.165, 1.54) is 103 Å². The summed E-state index contributed by atoms with van der Waals surface area (Å²) in [6, 6.07) is -0.919. The molecular formula is C55H99N2O6P. The monoisotopic (exact) mass is 915 g/mol. The SMILES string of the molecule is CC/C=C\C/C=C\C/C=C\C/C=C\CCCCCCCCCCC(=O)NC(COP(=O)([O-])OCC[N+](C)(C)C)C(O)/C=C/CC/C=C/CC/C=C/CCCCCCCCCCCCC. The second-order valence-electron chi connectivity index (χ2n) is 18.5. The largest absolute Gasteiger partial charge is 0.756 e. The number of phosphoric acid groups is 1. The minimum atomic E-state index is -4.61. The van der Waals surface area contributed by atoms with Crippen LogP contribution in [0.5, 0.6) is 0 Å². The maximum absolute atomic E-state index is 12.9. The molecule has 0 spiro atoms. The summed E-state index contributed by atoms with van der Waals surface area (Å²) in [5, 5.41) is 13.8. The summed E-state index contributed by atoms with van der Waals surface area (Å²) in [6.07, 6.45) is 63.6. The van der Waals surface area contributed by atoms with Crippen LogP contribution >= 0.6 is 7.82 Å². The van der Waals surface area contributed by atoms with Gasteiger partial charge in [0.2, 0.25) is 5.91 Å². The van der Waals surface area contributed by atoms with Crippen molar-refractivity contribution in [3.05, 3.63) is 85.1 Å². The zero-order chi connectivity index (χ0) is 47.1. The van der Waals surface area contributed by atoms with Gasteiger partial charge in [0.25, 0.3) is 7.82 Å². The van der Waals surface area contributed by atoms with Crippen LogP contribution < -0.4 is 10.2 Å². The minimum absolute atomic E-state index is 0.0148. The van der Waals surface area contributed by atoms with Crippen LogP contribution in [0.2, 0.25) is 0 Å². The topological polar surface area (TPSA) is 108 Å². The predicted molar refractivity (Wildman–Crippen MR) is 274 cm³/mol. The summed E-state index contributed by atoms with van der Waals surface area (Å²) in [5.41, 5.74) is 0. The maximum atomic E-state index is 12.9. The molecule has 0 fully saturated rings. The van der Waals surface area contributed by atoms with Crippen LogP contribution in [-0.2, 0) is 18.4 Å². The van der Waals surface area contributed by atoms with Crippen molar-refractivity contribution >= 4 is 13.7 Å². The Labute approximate surface area is 395 Å². The lowest BCUT2D eigenvalue weighted by Crippen LogP contribution is -2.45. The second kappa shape index (κ2) is 45.8. The number of quaternary nitrogens is 1. The average Bonchev–Trinajstić information content (AvgIpc) is 3.25. The smallest absolute Gasteiger partial charge is 0.268 e. The Morgan fingerprint density at radius 3 is 1.45 bits per heavy atom. The van der Waals surface area contributed by atoms with Gasteiger partial charge in [-0.25, -0.2) is 0 Å². The van der Waals surface area contributed by atoms with E-state index in [1.54, 1.807) is 6.08 Å². The van der Waals surface area contributed by atoms with E-state index in [2.05, 4.69) is 92.1 Å². The molecule has 0 aromatic heterocycles. The van der Waals surface area contributed by atoms with Gasteiger partial charge in [-0.05, 0) is 83.5 Å². The number of carbonyl (C=O) groups is 1. The van der Waals surface area contributed by atoms with Crippen molar-refractivity contribution in [2.45, 2.75) is 219 Å². The highest BCUT2D eigenvalue weighted by Gasteiger charge is 2.23. The molecule has 8 nitrogen and oxygen atoms in total. The number of rotatable bonds is 46. The Morgan fingerprint density at radius 1 is 0.562 bits per heavy atom. The molecule has 0 radical (unpaired) electrons. The Balaban J connectivity index is 4.41. The van der Waals surface area contributed by atoms with Crippen LogP contribution in [0.1, 0.15) is 206 Å². The number of nitrogens with zero attached hydrogens (tertiary/aromatic N) is 1. The summed E-state index contributed by atoms with van der Waals surface area (Å²) < 4.78 is 23.3. The van der Waals surface area contributed by atoms with Crippen LogP contribution in [0.4, 0.5) is 0 Å². The van der Waals surface area contributed by atoms with E-state index >= 15 is 0 Å². The third kappa shape index (κ3) is 47.6. The van der Waals surface area contributed by atoms with Crippen molar-refractivity contribution in [3.8, 4) is 0 Å². The van der Waals surface area contributed by atoms with E-state index in [9.17, 15) is 19.4 Å². The van der Waals surface area contributed by atoms with Gasteiger partial charge in [-0.2, -0.15) is 0 Å². The van der Waals surface area contributed by atoms with E-state index in [-0.39, 0.29) is 12.5 Å². The molecule has 9 heteroatoms. The van der Waals surface area contributed by atoms with Crippen molar-refractivity contribution in [2.75, 3.05) is 40.9 Å². The molecule has 3 unspecified atom stereocenters. The number of carbonyl (C=O) groups excluding carboxylic acids is 1. The van der Waals surface area contributed by atoms with Gasteiger partial charge in [0.05, 0.1) is 39.9 Å². The zero-order valence-corrected chi connectivity index (χ0v) is 42.8. The van der Waals surface area contributed by atoms with E-state index in [4.69, 9.17) is 9.05 Å². The molecule has 370 valence electrons. The van der Waals surface area contributed by atoms with Gasteiger partial charge in [0.1, 0.15) is 13.2 Å². The molecule has 3 atom stereocenters. The normalized spacial score (nSPS) is 14.8. The van der Waals surface area contributed by atoms with Gasteiger partial charge in [0.15, 0.2) is 0 Å². The minimum Gasteiger partial charge on any atom is -0.756 e. The first-order valence-electron chi connectivity index (χ1n) is 25.9. The first-order valence-corrected chi connectivity index (χ1v) is 27.4. The molecule has 2 N–H and O–H groups in total. The first kappa shape index (κ1) is 61.7.